The lowest BCUT2D eigenvalue weighted by molar-refractivity contribution is -0.139. The Morgan fingerprint density at radius 3 is 2.53 bits per heavy atom. The fourth-order valence-corrected chi connectivity index (χ4v) is 5.30. The van der Waals surface area contributed by atoms with Crippen LogP contribution in [0.25, 0.3) is 0 Å². The summed E-state index contributed by atoms with van der Waals surface area (Å²) in [6, 6.07) is 7.37. The number of likely N-dealkylation sites (tertiary alicyclic amines) is 1. The highest BCUT2D eigenvalue weighted by Gasteiger charge is 2.42. The molecule has 7 heteroatoms. The zero-order chi connectivity index (χ0) is 24.6. The lowest BCUT2D eigenvalue weighted by Crippen LogP contribution is -2.56. The molecule has 2 fully saturated rings. The molecule has 0 aromatic heterocycles. The van der Waals surface area contributed by atoms with E-state index in [0.717, 1.165) is 68.7 Å². The first kappa shape index (κ1) is 27.0. The third-order valence-electron chi connectivity index (χ3n) is 7.18. The summed E-state index contributed by atoms with van der Waals surface area (Å²) in [5.74, 6) is 0.239. The molecule has 1 aromatic carbocycles. The van der Waals surface area contributed by atoms with Gasteiger partial charge in [0.05, 0.1) is 12.0 Å². The molecule has 0 unspecified atom stereocenters. The molecule has 0 bridgehead atoms. The first-order valence-electron chi connectivity index (χ1n) is 12.9. The van der Waals surface area contributed by atoms with Gasteiger partial charge < -0.3 is 15.4 Å². The maximum Gasteiger partial charge on any atom is 0.242 e. The molecule has 0 radical (unpaired) electrons. The van der Waals surface area contributed by atoms with Crippen molar-refractivity contribution in [3.8, 4) is 0 Å². The average molecular weight is 492 g/mol. The first-order valence-corrected chi connectivity index (χ1v) is 13.3. The maximum absolute atomic E-state index is 13.7. The number of amides is 2. The summed E-state index contributed by atoms with van der Waals surface area (Å²) in [5, 5.41) is 7.01. The van der Waals surface area contributed by atoms with Crippen molar-refractivity contribution in [1.82, 2.24) is 15.5 Å². The molecular weight excluding hydrogens is 450 g/mol. The quantitative estimate of drug-likeness (QED) is 0.648. The van der Waals surface area contributed by atoms with E-state index in [1.807, 2.05) is 25.1 Å². The van der Waals surface area contributed by atoms with E-state index in [9.17, 15) is 9.59 Å². The van der Waals surface area contributed by atoms with Crippen molar-refractivity contribution < 1.29 is 14.3 Å². The highest BCUT2D eigenvalue weighted by Crippen LogP contribution is 2.38. The maximum atomic E-state index is 13.7. The average Bonchev–Trinajstić information content (AvgIpc) is 2.79. The molecule has 2 N–H and O–H groups in total. The van der Waals surface area contributed by atoms with Gasteiger partial charge in [-0.3, -0.25) is 14.5 Å². The fourth-order valence-electron chi connectivity index (χ4n) is 5.10. The van der Waals surface area contributed by atoms with E-state index in [4.69, 9.17) is 16.3 Å². The summed E-state index contributed by atoms with van der Waals surface area (Å²) in [6.07, 6.45) is 6.10. The molecule has 1 aromatic rings. The molecule has 6 nitrogen and oxygen atoms in total. The number of piperidine rings is 1. The Bertz CT molecular complexity index is 808. The molecule has 2 amide bonds. The van der Waals surface area contributed by atoms with Gasteiger partial charge in [-0.2, -0.15) is 0 Å². The van der Waals surface area contributed by atoms with Crippen LogP contribution < -0.4 is 10.6 Å². The number of hydrogen-bond acceptors (Lipinski definition) is 4. The van der Waals surface area contributed by atoms with E-state index < -0.39 is 11.5 Å². The second-order valence-corrected chi connectivity index (χ2v) is 11.0. The zero-order valence-electron chi connectivity index (χ0n) is 21.1. The van der Waals surface area contributed by atoms with Crippen LogP contribution in [0, 0.1) is 11.3 Å². The Morgan fingerprint density at radius 2 is 1.82 bits per heavy atom. The Kier molecular flexibility index (Phi) is 10.2. The van der Waals surface area contributed by atoms with Crippen molar-refractivity contribution in [2.24, 2.45) is 11.3 Å². The number of nitrogens with one attached hydrogen (secondary N) is 2. The number of halogens is 1. The van der Waals surface area contributed by atoms with Crippen molar-refractivity contribution in [3.05, 3.63) is 34.9 Å². The topological polar surface area (TPSA) is 70.7 Å². The number of rotatable bonds is 4. The monoisotopic (exact) mass is 491 g/mol. The van der Waals surface area contributed by atoms with Gasteiger partial charge in [0.25, 0.3) is 0 Å². The van der Waals surface area contributed by atoms with Gasteiger partial charge in [-0.15, -0.1) is 0 Å². The normalized spacial score (nSPS) is 25.6. The van der Waals surface area contributed by atoms with Gasteiger partial charge in [0.1, 0.15) is 6.04 Å². The van der Waals surface area contributed by atoms with Crippen molar-refractivity contribution >= 4 is 23.4 Å². The molecular formula is C27H42ClN3O3. The van der Waals surface area contributed by atoms with E-state index in [0.29, 0.717) is 25.6 Å². The molecule has 34 heavy (non-hydrogen) atoms. The van der Waals surface area contributed by atoms with Crippen LogP contribution in [0.2, 0.25) is 5.02 Å². The van der Waals surface area contributed by atoms with Crippen LogP contribution in [0.4, 0.5) is 0 Å². The van der Waals surface area contributed by atoms with Gasteiger partial charge in [-0.05, 0) is 69.7 Å². The molecule has 0 aliphatic carbocycles. The molecule has 190 valence electrons. The van der Waals surface area contributed by atoms with Crippen molar-refractivity contribution in [2.45, 2.75) is 84.3 Å². The van der Waals surface area contributed by atoms with Crippen LogP contribution in [0.3, 0.4) is 0 Å². The number of ether oxygens (including phenoxy) is 1. The number of carbonyl (C=O) groups excluding carboxylic acids is 2. The van der Waals surface area contributed by atoms with Crippen LogP contribution >= 0.6 is 11.6 Å². The predicted molar refractivity (Wildman–Crippen MR) is 137 cm³/mol. The minimum absolute atomic E-state index is 0.0478. The predicted octanol–water partition coefficient (Wildman–Crippen LogP) is 4.55. The second-order valence-electron chi connectivity index (χ2n) is 10.6. The lowest BCUT2D eigenvalue weighted by atomic mass is 9.73. The molecule has 2 aliphatic heterocycles. The Hall–Kier alpha value is -1.63. The summed E-state index contributed by atoms with van der Waals surface area (Å²) < 4.78 is 5.77. The summed E-state index contributed by atoms with van der Waals surface area (Å²) >= 11 is 6.38. The molecule has 2 atom stereocenters. The summed E-state index contributed by atoms with van der Waals surface area (Å²) in [5.41, 5.74) is 0.696. The van der Waals surface area contributed by atoms with E-state index >= 15 is 0 Å². The number of carbonyl (C=O) groups is 2. The van der Waals surface area contributed by atoms with E-state index in [2.05, 4.69) is 35.4 Å². The van der Waals surface area contributed by atoms with Crippen LogP contribution in [0.15, 0.2) is 24.3 Å². The van der Waals surface area contributed by atoms with Gasteiger partial charge in [0.2, 0.25) is 11.8 Å². The van der Waals surface area contributed by atoms with Crippen LogP contribution in [0.1, 0.15) is 71.3 Å². The zero-order valence-corrected chi connectivity index (χ0v) is 21.8. The lowest BCUT2D eigenvalue weighted by Gasteiger charge is -2.42. The largest absolute Gasteiger partial charge is 0.379 e. The van der Waals surface area contributed by atoms with Gasteiger partial charge in [-0.25, -0.2) is 0 Å². The third-order valence-corrected chi connectivity index (χ3v) is 7.54. The molecule has 0 saturated carbocycles. The molecule has 2 aliphatic rings. The van der Waals surface area contributed by atoms with E-state index in [1.54, 1.807) is 0 Å². The smallest absolute Gasteiger partial charge is 0.242 e. The second kappa shape index (κ2) is 12.9. The minimum Gasteiger partial charge on any atom is -0.379 e. The number of benzene rings is 1. The van der Waals surface area contributed by atoms with Gasteiger partial charge >= 0.3 is 0 Å². The van der Waals surface area contributed by atoms with E-state index in [1.165, 1.54) is 0 Å². The minimum atomic E-state index is -0.518. The Balaban J connectivity index is 1.72. The molecule has 3 rings (SSSR count). The summed E-state index contributed by atoms with van der Waals surface area (Å²) in [6.45, 7) is 9.80. The molecule has 2 heterocycles. The van der Waals surface area contributed by atoms with Crippen molar-refractivity contribution in [2.75, 3.05) is 26.3 Å². The molecule has 2 saturated heterocycles. The highest BCUT2D eigenvalue weighted by atomic mass is 35.5. The van der Waals surface area contributed by atoms with Gasteiger partial charge in [0, 0.05) is 24.2 Å². The Morgan fingerprint density at radius 1 is 1.09 bits per heavy atom. The van der Waals surface area contributed by atoms with Crippen LogP contribution in [-0.2, 0) is 20.9 Å². The third kappa shape index (κ3) is 7.69. The highest BCUT2D eigenvalue weighted by molar-refractivity contribution is 6.31. The standard InChI is InChI=1S/C27H42ClN3O3/c1-20(2)17-24-25(32)29-21(3)19-34-16-8-4-7-11-27(26(33)30-24)12-14-31(15-13-27)18-22-9-5-6-10-23(22)28/h5-6,9-10,20-21,24H,4,7-8,11-19H2,1-3H3,(H,29,32)(H,30,33)/t21-,24+/m1/s1. The van der Waals surface area contributed by atoms with Crippen LogP contribution in [-0.4, -0.2) is 55.1 Å². The number of nitrogens with zero attached hydrogens (tertiary/aromatic N) is 1. The SMILES string of the molecule is CC(C)C[C@@H]1NC(=O)C2(CCCCCOC[C@@H](C)NC1=O)CCN(Cc1ccccc1Cl)CC2. The van der Waals surface area contributed by atoms with Gasteiger partial charge in [0.15, 0.2) is 0 Å². The van der Waals surface area contributed by atoms with Gasteiger partial charge in [-0.1, -0.05) is 56.5 Å². The molecule has 1 spiro atoms. The first-order chi connectivity index (χ1) is 16.3. The Labute approximate surface area is 210 Å². The summed E-state index contributed by atoms with van der Waals surface area (Å²) in [7, 11) is 0. The van der Waals surface area contributed by atoms with E-state index in [-0.39, 0.29) is 17.9 Å². The van der Waals surface area contributed by atoms with Crippen molar-refractivity contribution in [1.29, 1.82) is 0 Å². The summed E-state index contributed by atoms with van der Waals surface area (Å²) in [4.78, 5) is 29.2. The van der Waals surface area contributed by atoms with Crippen LogP contribution in [0.5, 0.6) is 0 Å². The van der Waals surface area contributed by atoms with Crippen molar-refractivity contribution in [3.63, 3.8) is 0 Å². The number of hydrogen-bond donors (Lipinski definition) is 2. The fraction of sp³-hybridized carbons (Fsp3) is 0.704.